The zero-order valence-electron chi connectivity index (χ0n) is 13.8. The summed E-state index contributed by atoms with van der Waals surface area (Å²) in [5.41, 5.74) is -1.57. The molecule has 1 aliphatic heterocycles. The first-order valence-electron chi connectivity index (χ1n) is 7.49. The third-order valence-corrected chi connectivity index (χ3v) is 4.05. The van der Waals surface area contributed by atoms with E-state index in [0.29, 0.717) is 5.56 Å². The highest BCUT2D eigenvalue weighted by atomic mass is 16.6. The van der Waals surface area contributed by atoms with Gasteiger partial charge >= 0.3 is 5.97 Å². The normalized spacial score (nSPS) is 20.6. The van der Waals surface area contributed by atoms with Crippen molar-refractivity contribution >= 4 is 17.6 Å². The lowest BCUT2D eigenvalue weighted by Crippen LogP contribution is -2.55. The molecule has 0 aliphatic carbocycles. The number of nitro groups is 1. The second kappa shape index (κ2) is 6.20. The zero-order chi connectivity index (χ0) is 18.1. The minimum absolute atomic E-state index is 0.0437. The van der Waals surface area contributed by atoms with Crippen molar-refractivity contribution in [2.75, 3.05) is 13.2 Å². The summed E-state index contributed by atoms with van der Waals surface area (Å²) >= 11 is 0. The van der Waals surface area contributed by atoms with Gasteiger partial charge in [-0.2, -0.15) is 0 Å². The van der Waals surface area contributed by atoms with Gasteiger partial charge in [-0.15, -0.1) is 0 Å². The second-order valence-electron chi connectivity index (χ2n) is 6.88. The summed E-state index contributed by atoms with van der Waals surface area (Å²) in [4.78, 5) is 34.6. The quantitative estimate of drug-likeness (QED) is 0.640. The van der Waals surface area contributed by atoms with Crippen LogP contribution in [0, 0.1) is 10.1 Å². The molecule has 1 aromatic carbocycles. The Morgan fingerprint density at radius 3 is 2.50 bits per heavy atom. The van der Waals surface area contributed by atoms with Crippen molar-refractivity contribution in [1.29, 1.82) is 0 Å². The summed E-state index contributed by atoms with van der Waals surface area (Å²) in [6, 6.07) is 4.18. The van der Waals surface area contributed by atoms with E-state index in [-0.39, 0.29) is 30.9 Å². The lowest BCUT2D eigenvalue weighted by molar-refractivity contribution is -0.386. The highest BCUT2D eigenvalue weighted by Crippen LogP contribution is 2.32. The van der Waals surface area contributed by atoms with Crippen LogP contribution in [0.1, 0.15) is 43.1 Å². The van der Waals surface area contributed by atoms with Crippen molar-refractivity contribution < 1.29 is 24.4 Å². The molecule has 1 amide bonds. The Kier molecular flexibility index (Phi) is 4.61. The molecule has 1 unspecified atom stereocenters. The van der Waals surface area contributed by atoms with Gasteiger partial charge in [-0.25, -0.2) is 4.79 Å². The monoisotopic (exact) mass is 336 g/mol. The van der Waals surface area contributed by atoms with Crippen LogP contribution < -0.4 is 5.32 Å². The molecule has 0 spiro atoms. The molecule has 8 heteroatoms. The lowest BCUT2D eigenvalue weighted by atomic mass is 9.85. The maximum absolute atomic E-state index is 12.4. The van der Waals surface area contributed by atoms with E-state index in [1.165, 1.54) is 18.2 Å². The minimum Gasteiger partial charge on any atom is -0.479 e. The predicted octanol–water partition coefficient (Wildman–Crippen LogP) is 1.87. The number of rotatable bonds is 4. The van der Waals surface area contributed by atoms with Crippen molar-refractivity contribution in [3.05, 3.63) is 39.4 Å². The van der Waals surface area contributed by atoms with E-state index in [4.69, 9.17) is 4.74 Å². The van der Waals surface area contributed by atoms with Crippen LogP contribution in [0.15, 0.2) is 18.2 Å². The number of carboxylic acid groups (broad SMARTS) is 1. The van der Waals surface area contributed by atoms with Gasteiger partial charge < -0.3 is 15.2 Å². The van der Waals surface area contributed by atoms with E-state index in [1.54, 1.807) is 0 Å². The Bertz CT molecular complexity index is 686. The number of nitro benzene ring substituents is 1. The van der Waals surface area contributed by atoms with Crippen LogP contribution in [0.2, 0.25) is 0 Å². The first-order chi connectivity index (χ1) is 11.1. The van der Waals surface area contributed by atoms with E-state index >= 15 is 0 Å². The van der Waals surface area contributed by atoms with Gasteiger partial charge in [0.25, 0.3) is 11.6 Å². The molecule has 1 aromatic rings. The van der Waals surface area contributed by atoms with Crippen molar-refractivity contribution in [2.24, 2.45) is 0 Å². The van der Waals surface area contributed by atoms with Crippen LogP contribution in [-0.2, 0) is 14.9 Å². The Balaban J connectivity index is 2.35. The van der Waals surface area contributed by atoms with Gasteiger partial charge in [-0.1, -0.05) is 26.8 Å². The number of hydrogen-bond acceptors (Lipinski definition) is 5. The lowest BCUT2D eigenvalue weighted by Gasteiger charge is -2.24. The molecule has 24 heavy (non-hydrogen) atoms. The SMILES string of the molecule is CC(C)(C)c1ccc(C(=O)NC2(C(=O)O)CCOC2)cc1[N+](=O)[O-]. The molecule has 0 radical (unpaired) electrons. The maximum Gasteiger partial charge on any atom is 0.331 e. The van der Waals surface area contributed by atoms with Gasteiger partial charge in [0.05, 0.1) is 11.5 Å². The van der Waals surface area contributed by atoms with E-state index in [0.717, 1.165) is 0 Å². The van der Waals surface area contributed by atoms with Crippen LogP contribution >= 0.6 is 0 Å². The molecular weight excluding hydrogens is 316 g/mol. The molecule has 1 aliphatic rings. The molecule has 130 valence electrons. The van der Waals surface area contributed by atoms with E-state index in [9.17, 15) is 24.8 Å². The number of carbonyl (C=O) groups excluding carboxylic acids is 1. The third kappa shape index (κ3) is 3.38. The standard InChI is InChI=1S/C16H20N2O6/c1-15(2,3)11-5-4-10(8-12(11)18(22)23)13(19)17-16(14(20)21)6-7-24-9-16/h4-5,8H,6-7,9H2,1-3H3,(H,17,19)(H,20,21). The molecule has 0 saturated carbocycles. The summed E-state index contributed by atoms with van der Waals surface area (Å²) < 4.78 is 5.08. The third-order valence-electron chi connectivity index (χ3n) is 4.05. The molecule has 1 fully saturated rings. The Morgan fingerprint density at radius 2 is 2.04 bits per heavy atom. The topological polar surface area (TPSA) is 119 Å². The highest BCUT2D eigenvalue weighted by Gasteiger charge is 2.44. The van der Waals surface area contributed by atoms with Gasteiger partial charge in [0.15, 0.2) is 5.54 Å². The Morgan fingerprint density at radius 1 is 1.38 bits per heavy atom. The molecule has 1 heterocycles. The maximum atomic E-state index is 12.4. The molecule has 1 saturated heterocycles. The number of aliphatic carboxylic acids is 1. The fourth-order valence-electron chi connectivity index (χ4n) is 2.63. The van der Waals surface area contributed by atoms with Gasteiger partial charge in [-0.05, 0) is 11.5 Å². The highest BCUT2D eigenvalue weighted by molar-refractivity contribution is 5.98. The van der Waals surface area contributed by atoms with E-state index in [1.807, 2.05) is 20.8 Å². The Labute approximate surface area is 139 Å². The zero-order valence-corrected chi connectivity index (χ0v) is 13.8. The summed E-state index contributed by atoms with van der Waals surface area (Å²) in [7, 11) is 0. The van der Waals surface area contributed by atoms with Crippen LogP contribution in [0.3, 0.4) is 0 Å². The average molecular weight is 336 g/mol. The van der Waals surface area contributed by atoms with Gasteiger partial charge in [0.2, 0.25) is 0 Å². The summed E-state index contributed by atoms with van der Waals surface area (Å²) in [6.07, 6.45) is 0.149. The van der Waals surface area contributed by atoms with Crippen molar-refractivity contribution in [2.45, 2.75) is 38.1 Å². The number of benzene rings is 1. The molecule has 0 aromatic heterocycles. The number of hydrogen-bond donors (Lipinski definition) is 2. The number of nitrogens with one attached hydrogen (secondary N) is 1. The molecule has 1 atom stereocenters. The first-order valence-corrected chi connectivity index (χ1v) is 7.49. The van der Waals surface area contributed by atoms with Crippen LogP contribution in [0.25, 0.3) is 0 Å². The van der Waals surface area contributed by atoms with Crippen molar-refractivity contribution in [1.82, 2.24) is 5.32 Å². The fraction of sp³-hybridized carbons (Fsp3) is 0.500. The summed E-state index contributed by atoms with van der Waals surface area (Å²) in [5, 5.41) is 23.1. The molecule has 0 bridgehead atoms. The van der Waals surface area contributed by atoms with Crippen LogP contribution in [-0.4, -0.2) is 40.7 Å². The van der Waals surface area contributed by atoms with Gasteiger partial charge in [0, 0.05) is 30.2 Å². The van der Waals surface area contributed by atoms with Crippen LogP contribution in [0.5, 0.6) is 0 Å². The molecule has 8 nitrogen and oxygen atoms in total. The molecular formula is C16H20N2O6. The number of amides is 1. The smallest absolute Gasteiger partial charge is 0.331 e. The van der Waals surface area contributed by atoms with Crippen molar-refractivity contribution in [3.63, 3.8) is 0 Å². The van der Waals surface area contributed by atoms with E-state index in [2.05, 4.69) is 5.32 Å². The average Bonchev–Trinajstić information content (AvgIpc) is 2.95. The number of ether oxygens (including phenoxy) is 1. The van der Waals surface area contributed by atoms with Gasteiger partial charge in [-0.3, -0.25) is 14.9 Å². The first kappa shape index (κ1) is 17.9. The summed E-state index contributed by atoms with van der Waals surface area (Å²) in [6.45, 7) is 5.62. The molecule has 2 N–H and O–H groups in total. The van der Waals surface area contributed by atoms with Crippen LogP contribution in [0.4, 0.5) is 5.69 Å². The van der Waals surface area contributed by atoms with Gasteiger partial charge in [0.1, 0.15) is 0 Å². The molecule has 2 rings (SSSR count). The fourth-order valence-corrected chi connectivity index (χ4v) is 2.63. The number of carbonyl (C=O) groups is 2. The Hall–Kier alpha value is -2.48. The minimum atomic E-state index is -1.49. The predicted molar refractivity (Wildman–Crippen MR) is 85.1 cm³/mol. The largest absolute Gasteiger partial charge is 0.479 e. The van der Waals surface area contributed by atoms with E-state index < -0.39 is 27.8 Å². The summed E-state index contributed by atoms with van der Waals surface area (Å²) in [5.74, 6) is -1.86. The van der Waals surface area contributed by atoms with Crippen molar-refractivity contribution in [3.8, 4) is 0 Å². The number of carboxylic acids is 1. The number of nitrogens with zero attached hydrogens (tertiary/aromatic N) is 1. The second-order valence-corrected chi connectivity index (χ2v) is 6.88.